The van der Waals surface area contributed by atoms with Gasteiger partial charge in [0.05, 0.1) is 24.9 Å². The highest BCUT2D eigenvalue weighted by Gasteiger charge is 2.22. The van der Waals surface area contributed by atoms with Crippen molar-refractivity contribution in [3.63, 3.8) is 0 Å². The third-order valence-corrected chi connectivity index (χ3v) is 5.85. The van der Waals surface area contributed by atoms with Crippen LogP contribution >= 0.6 is 24.0 Å². The van der Waals surface area contributed by atoms with E-state index < -0.39 is 0 Å². The van der Waals surface area contributed by atoms with Crippen molar-refractivity contribution < 1.29 is 9.26 Å². The second-order valence-electron chi connectivity index (χ2n) is 7.88. The number of benzene rings is 1. The third kappa shape index (κ3) is 7.74. The van der Waals surface area contributed by atoms with Crippen molar-refractivity contribution >= 4 is 29.9 Å². The van der Waals surface area contributed by atoms with E-state index in [-0.39, 0.29) is 30.0 Å². The Balaban J connectivity index is 0.00000363. The van der Waals surface area contributed by atoms with Crippen molar-refractivity contribution in [2.24, 2.45) is 4.99 Å². The molecule has 1 saturated heterocycles. The Labute approximate surface area is 209 Å². The van der Waals surface area contributed by atoms with Gasteiger partial charge in [-0.3, -0.25) is 4.90 Å². The van der Waals surface area contributed by atoms with Crippen LogP contribution in [0.5, 0.6) is 0 Å². The molecule has 1 fully saturated rings. The molecule has 0 aliphatic carbocycles. The Morgan fingerprint density at radius 1 is 1.09 bits per heavy atom. The maximum absolute atomic E-state index is 5.56. The van der Waals surface area contributed by atoms with E-state index >= 15 is 0 Å². The first kappa shape index (κ1) is 26.6. The van der Waals surface area contributed by atoms with Crippen molar-refractivity contribution in [2.75, 3.05) is 39.4 Å². The molecule has 7 nitrogen and oxygen atoms in total. The second kappa shape index (κ2) is 14.5. The molecule has 0 spiro atoms. The molecule has 1 aliphatic rings. The average Bonchev–Trinajstić information content (AvgIpc) is 3.28. The van der Waals surface area contributed by atoms with Gasteiger partial charge in [0.15, 0.2) is 11.7 Å². The maximum atomic E-state index is 5.56. The monoisotopic (exact) mass is 555 g/mol. The summed E-state index contributed by atoms with van der Waals surface area (Å²) >= 11 is 0. The van der Waals surface area contributed by atoms with Crippen molar-refractivity contribution in [1.82, 2.24) is 20.7 Å². The fraction of sp³-hybridized carbons (Fsp3) is 0.583. The highest BCUT2D eigenvalue weighted by Crippen LogP contribution is 2.23. The van der Waals surface area contributed by atoms with Gasteiger partial charge in [-0.25, -0.2) is 4.99 Å². The fourth-order valence-electron chi connectivity index (χ4n) is 4.02. The lowest BCUT2D eigenvalue weighted by Crippen LogP contribution is -2.46. The summed E-state index contributed by atoms with van der Waals surface area (Å²) in [4.78, 5) is 7.22. The summed E-state index contributed by atoms with van der Waals surface area (Å²) in [5, 5.41) is 11.1. The number of rotatable bonds is 10. The maximum Gasteiger partial charge on any atom is 0.191 e. The smallest absolute Gasteiger partial charge is 0.191 e. The molecular formula is C24H38IN5O2. The molecule has 32 heavy (non-hydrogen) atoms. The van der Waals surface area contributed by atoms with Gasteiger partial charge in [-0.1, -0.05) is 49.3 Å². The molecule has 0 saturated carbocycles. The number of hydrogen-bond acceptors (Lipinski definition) is 5. The minimum atomic E-state index is 0. The molecule has 1 aliphatic heterocycles. The summed E-state index contributed by atoms with van der Waals surface area (Å²) in [6, 6.07) is 13.0. The van der Waals surface area contributed by atoms with Crippen LogP contribution < -0.4 is 10.6 Å². The fourth-order valence-corrected chi connectivity index (χ4v) is 4.02. The standard InChI is InChI=1S/C24H37N5O2.HI/c1-4-19(5-2)22-16-21(31-28-22)17-26-24(25-6-3)27-18-23(20-10-8-7-9-11-20)29-12-14-30-15-13-29;/h7-11,16,19,23H,4-6,12-15,17-18H2,1-3H3,(H2,25,26,27);1H. The summed E-state index contributed by atoms with van der Waals surface area (Å²) in [5.41, 5.74) is 2.34. The van der Waals surface area contributed by atoms with Crippen molar-refractivity contribution in [1.29, 1.82) is 0 Å². The van der Waals surface area contributed by atoms with Crippen LogP contribution in [0.4, 0.5) is 0 Å². The van der Waals surface area contributed by atoms with E-state index in [2.05, 4.69) is 71.8 Å². The normalized spacial score (nSPS) is 15.9. The molecule has 1 atom stereocenters. The second-order valence-corrected chi connectivity index (χ2v) is 7.88. The summed E-state index contributed by atoms with van der Waals surface area (Å²) in [6.07, 6.45) is 2.14. The lowest BCUT2D eigenvalue weighted by Gasteiger charge is -2.35. The van der Waals surface area contributed by atoms with E-state index in [0.29, 0.717) is 12.5 Å². The Hall–Kier alpha value is -1.65. The zero-order valence-corrected chi connectivity index (χ0v) is 21.9. The zero-order chi connectivity index (χ0) is 21.9. The summed E-state index contributed by atoms with van der Waals surface area (Å²) < 4.78 is 11.1. The third-order valence-electron chi connectivity index (χ3n) is 5.85. The minimum Gasteiger partial charge on any atom is -0.379 e. The van der Waals surface area contributed by atoms with Gasteiger partial charge in [0.1, 0.15) is 6.54 Å². The average molecular weight is 556 g/mol. The molecule has 3 rings (SSSR count). The Morgan fingerprint density at radius 2 is 1.81 bits per heavy atom. The molecule has 0 radical (unpaired) electrons. The van der Waals surface area contributed by atoms with Gasteiger partial charge in [-0.15, -0.1) is 24.0 Å². The topological polar surface area (TPSA) is 74.9 Å². The van der Waals surface area contributed by atoms with Crippen LogP contribution in [-0.2, 0) is 11.3 Å². The van der Waals surface area contributed by atoms with Gasteiger partial charge in [-0.2, -0.15) is 0 Å². The van der Waals surface area contributed by atoms with Crippen LogP contribution in [0, 0.1) is 0 Å². The molecule has 178 valence electrons. The number of halogens is 1. The van der Waals surface area contributed by atoms with E-state index in [1.165, 1.54) is 5.56 Å². The quantitative estimate of drug-likeness (QED) is 0.259. The Kier molecular flexibility index (Phi) is 12.0. The molecule has 0 amide bonds. The molecule has 0 bridgehead atoms. The van der Waals surface area contributed by atoms with Gasteiger partial charge < -0.3 is 19.9 Å². The van der Waals surface area contributed by atoms with E-state index in [9.17, 15) is 0 Å². The first-order valence-electron chi connectivity index (χ1n) is 11.6. The zero-order valence-electron chi connectivity index (χ0n) is 19.5. The first-order chi connectivity index (χ1) is 15.2. The van der Waals surface area contributed by atoms with Crippen molar-refractivity contribution in [3.05, 3.63) is 53.4 Å². The molecular weight excluding hydrogens is 517 g/mol. The number of guanidine groups is 1. The molecule has 8 heteroatoms. The van der Waals surface area contributed by atoms with Crippen molar-refractivity contribution in [2.45, 2.75) is 52.1 Å². The summed E-state index contributed by atoms with van der Waals surface area (Å²) in [7, 11) is 0. The van der Waals surface area contributed by atoms with Crippen LogP contribution in [0.1, 0.15) is 62.6 Å². The van der Waals surface area contributed by atoms with Crippen LogP contribution in [-0.4, -0.2) is 55.4 Å². The molecule has 2 N–H and O–H groups in total. The number of morpholine rings is 1. The van der Waals surface area contributed by atoms with Crippen LogP contribution in [0.2, 0.25) is 0 Å². The van der Waals surface area contributed by atoms with Crippen LogP contribution in [0.25, 0.3) is 0 Å². The number of hydrogen-bond donors (Lipinski definition) is 2. The van der Waals surface area contributed by atoms with Gasteiger partial charge >= 0.3 is 0 Å². The lowest BCUT2D eigenvalue weighted by molar-refractivity contribution is 0.0170. The number of nitrogens with zero attached hydrogens (tertiary/aromatic N) is 3. The molecule has 1 unspecified atom stereocenters. The van der Waals surface area contributed by atoms with E-state index in [4.69, 9.17) is 14.3 Å². The highest BCUT2D eigenvalue weighted by atomic mass is 127. The molecule has 1 aromatic heterocycles. The molecule has 2 heterocycles. The van der Waals surface area contributed by atoms with Crippen LogP contribution in [0.3, 0.4) is 0 Å². The molecule has 1 aromatic carbocycles. The van der Waals surface area contributed by atoms with E-state index in [0.717, 1.165) is 69.6 Å². The number of nitrogens with one attached hydrogen (secondary N) is 2. The SMILES string of the molecule is CCNC(=NCc1cc(C(CC)CC)no1)NCC(c1ccccc1)N1CCOCC1.I. The summed E-state index contributed by atoms with van der Waals surface area (Å²) in [5.74, 6) is 2.04. The predicted octanol–water partition coefficient (Wildman–Crippen LogP) is 4.32. The molecule has 2 aromatic rings. The number of aliphatic imine (C=N–C) groups is 1. The van der Waals surface area contributed by atoms with Gasteiger partial charge in [0, 0.05) is 38.2 Å². The van der Waals surface area contributed by atoms with Crippen LogP contribution in [0.15, 0.2) is 45.9 Å². The van der Waals surface area contributed by atoms with Gasteiger partial charge in [0.25, 0.3) is 0 Å². The highest BCUT2D eigenvalue weighted by molar-refractivity contribution is 14.0. The van der Waals surface area contributed by atoms with Gasteiger partial charge in [0.2, 0.25) is 0 Å². The predicted molar refractivity (Wildman–Crippen MR) is 140 cm³/mol. The summed E-state index contributed by atoms with van der Waals surface area (Å²) in [6.45, 7) is 11.9. The Morgan fingerprint density at radius 3 is 2.47 bits per heavy atom. The lowest BCUT2D eigenvalue weighted by atomic mass is 9.99. The van der Waals surface area contributed by atoms with E-state index in [1.807, 2.05) is 6.07 Å². The largest absolute Gasteiger partial charge is 0.379 e. The Bertz CT molecular complexity index is 789. The first-order valence-corrected chi connectivity index (χ1v) is 11.6. The van der Waals surface area contributed by atoms with E-state index in [1.54, 1.807) is 0 Å². The van der Waals surface area contributed by atoms with Gasteiger partial charge in [-0.05, 0) is 25.3 Å². The number of ether oxygens (including phenoxy) is 1. The number of aromatic nitrogens is 1. The van der Waals surface area contributed by atoms with Crippen molar-refractivity contribution in [3.8, 4) is 0 Å². The minimum absolute atomic E-state index is 0.